The summed E-state index contributed by atoms with van der Waals surface area (Å²) in [5, 5.41) is 1.16. The molecule has 3 nitrogen and oxygen atoms in total. The lowest BCUT2D eigenvalue weighted by Gasteiger charge is -2.27. The molecule has 88 valence electrons. The van der Waals surface area contributed by atoms with Gasteiger partial charge in [-0.15, -0.1) is 0 Å². The minimum Gasteiger partial charge on any atom is -0.492 e. The zero-order chi connectivity index (χ0) is 11.5. The second kappa shape index (κ2) is 5.23. The molecular formula is C11H13Cl2NO2. The highest BCUT2D eigenvalue weighted by molar-refractivity contribution is 6.35. The average molecular weight is 262 g/mol. The van der Waals surface area contributed by atoms with Gasteiger partial charge < -0.3 is 9.57 Å². The van der Waals surface area contributed by atoms with E-state index < -0.39 is 0 Å². The third-order valence-electron chi connectivity index (χ3n) is 2.44. The number of hydroxylamine groups is 1. The standard InChI is InChI=1S/C11H13Cl2NO2/c1-2-16-14-10-3-4-15-11-8(10)5-7(12)6-9(11)13/h5-6,10,14H,2-4H2,1H3. The average Bonchev–Trinajstić information content (AvgIpc) is 2.26. The van der Waals surface area contributed by atoms with E-state index in [0.717, 1.165) is 12.0 Å². The third-order valence-corrected chi connectivity index (χ3v) is 2.93. The summed E-state index contributed by atoms with van der Waals surface area (Å²) in [6.45, 7) is 3.16. The zero-order valence-electron chi connectivity index (χ0n) is 8.93. The van der Waals surface area contributed by atoms with E-state index in [1.165, 1.54) is 0 Å². The van der Waals surface area contributed by atoms with Gasteiger partial charge >= 0.3 is 0 Å². The molecule has 0 amide bonds. The summed E-state index contributed by atoms with van der Waals surface area (Å²) < 4.78 is 5.53. The van der Waals surface area contributed by atoms with Crippen LogP contribution in [0.1, 0.15) is 24.9 Å². The molecule has 1 aliphatic rings. The van der Waals surface area contributed by atoms with E-state index in [2.05, 4.69) is 5.48 Å². The van der Waals surface area contributed by atoms with Gasteiger partial charge in [0.25, 0.3) is 0 Å². The fraction of sp³-hybridized carbons (Fsp3) is 0.455. The Labute approximate surface area is 105 Å². The summed E-state index contributed by atoms with van der Waals surface area (Å²) in [7, 11) is 0. The van der Waals surface area contributed by atoms with Crippen LogP contribution in [0.15, 0.2) is 12.1 Å². The maximum absolute atomic E-state index is 6.07. The van der Waals surface area contributed by atoms with Gasteiger partial charge in [0.1, 0.15) is 5.75 Å². The van der Waals surface area contributed by atoms with Crippen LogP contribution in [0.4, 0.5) is 0 Å². The van der Waals surface area contributed by atoms with Crippen LogP contribution >= 0.6 is 23.2 Å². The quantitative estimate of drug-likeness (QED) is 0.847. The molecule has 0 fully saturated rings. The zero-order valence-corrected chi connectivity index (χ0v) is 10.4. The van der Waals surface area contributed by atoms with Gasteiger partial charge in [0.2, 0.25) is 0 Å². The van der Waals surface area contributed by atoms with Crippen molar-refractivity contribution in [2.45, 2.75) is 19.4 Å². The van der Waals surface area contributed by atoms with Crippen LogP contribution < -0.4 is 10.2 Å². The molecular weight excluding hydrogens is 249 g/mol. The van der Waals surface area contributed by atoms with Gasteiger partial charge in [0.15, 0.2) is 0 Å². The lowest BCUT2D eigenvalue weighted by molar-refractivity contribution is 0.0135. The van der Waals surface area contributed by atoms with Gasteiger partial charge in [-0.25, -0.2) is 0 Å². The molecule has 0 saturated carbocycles. The van der Waals surface area contributed by atoms with Crippen molar-refractivity contribution in [1.29, 1.82) is 0 Å². The van der Waals surface area contributed by atoms with Gasteiger partial charge in [-0.3, -0.25) is 0 Å². The fourth-order valence-electron chi connectivity index (χ4n) is 1.73. The Morgan fingerprint density at radius 2 is 2.31 bits per heavy atom. The van der Waals surface area contributed by atoms with Gasteiger partial charge in [-0.05, 0) is 19.1 Å². The first kappa shape index (κ1) is 12.0. The molecule has 2 rings (SSSR count). The lowest BCUT2D eigenvalue weighted by atomic mass is 10.0. The van der Waals surface area contributed by atoms with E-state index in [1.807, 2.05) is 13.0 Å². The molecule has 1 heterocycles. The van der Waals surface area contributed by atoms with Crippen LogP contribution in [0.5, 0.6) is 5.75 Å². The summed E-state index contributed by atoms with van der Waals surface area (Å²) in [5.41, 5.74) is 3.94. The minimum absolute atomic E-state index is 0.0832. The number of fused-ring (bicyclic) bond motifs is 1. The Balaban J connectivity index is 2.30. The molecule has 0 aliphatic carbocycles. The fourth-order valence-corrected chi connectivity index (χ4v) is 2.30. The van der Waals surface area contributed by atoms with Crippen LogP contribution in [-0.4, -0.2) is 13.2 Å². The maximum atomic E-state index is 6.07. The Hall–Kier alpha value is -0.480. The molecule has 1 N–H and O–H groups in total. The predicted molar refractivity (Wildman–Crippen MR) is 64.1 cm³/mol. The number of rotatable bonds is 3. The molecule has 1 aliphatic heterocycles. The smallest absolute Gasteiger partial charge is 0.142 e. The molecule has 0 bridgehead atoms. The molecule has 16 heavy (non-hydrogen) atoms. The van der Waals surface area contributed by atoms with Crippen LogP contribution in [0.2, 0.25) is 10.0 Å². The molecule has 0 spiro atoms. The SMILES string of the molecule is CCONC1CCOc2c(Cl)cc(Cl)cc21. The van der Waals surface area contributed by atoms with Crippen molar-refractivity contribution in [3.8, 4) is 5.75 Å². The van der Waals surface area contributed by atoms with Crippen LogP contribution in [0.25, 0.3) is 0 Å². The molecule has 1 atom stereocenters. The third kappa shape index (κ3) is 2.43. The summed E-state index contributed by atoms with van der Waals surface area (Å²) in [6, 6.07) is 3.63. The molecule has 1 unspecified atom stereocenters. The Morgan fingerprint density at radius 1 is 1.50 bits per heavy atom. The van der Waals surface area contributed by atoms with E-state index in [9.17, 15) is 0 Å². The van der Waals surface area contributed by atoms with Crippen molar-refractivity contribution in [3.05, 3.63) is 27.7 Å². The first-order valence-corrected chi connectivity index (χ1v) is 5.97. The predicted octanol–water partition coefficient (Wildman–Crippen LogP) is 3.36. The molecule has 1 aromatic carbocycles. The largest absolute Gasteiger partial charge is 0.492 e. The van der Waals surface area contributed by atoms with Gasteiger partial charge in [0, 0.05) is 17.0 Å². The number of benzene rings is 1. The molecule has 0 radical (unpaired) electrons. The second-order valence-electron chi connectivity index (χ2n) is 3.55. The number of ether oxygens (including phenoxy) is 1. The lowest BCUT2D eigenvalue weighted by Crippen LogP contribution is -2.27. The van der Waals surface area contributed by atoms with Gasteiger partial charge in [-0.2, -0.15) is 5.48 Å². The van der Waals surface area contributed by atoms with Crippen molar-refractivity contribution in [3.63, 3.8) is 0 Å². The summed E-state index contributed by atoms with van der Waals surface area (Å²) in [6.07, 6.45) is 0.837. The summed E-state index contributed by atoms with van der Waals surface area (Å²) >= 11 is 12.0. The van der Waals surface area contributed by atoms with Crippen molar-refractivity contribution in [2.24, 2.45) is 0 Å². The molecule has 1 aromatic rings. The Morgan fingerprint density at radius 3 is 3.06 bits per heavy atom. The first-order chi connectivity index (χ1) is 7.72. The number of hydrogen-bond donors (Lipinski definition) is 1. The van der Waals surface area contributed by atoms with E-state index in [-0.39, 0.29) is 6.04 Å². The van der Waals surface area contributed by atoms with Crippen molar-refractivity contribution >= 4 is 23.2 Å². The monoisotopic (exact) mass is 261 g/mol. The summed E-state index contributed by atoms with van der Waals surface area (Å²) in [5.74, 6) is 0.703. The first-order valence-electron chi connectivity index (χ1n) is 5.21. The molecule has 5 heteroatoms. The minimum atomic E-state index is 0.0832. The highest BCUT2D eigenvalue weighted by Crippen LogP contribution is 2.39. The van der Waals surface area contributed by atoms with Crippen LogP contribution in [0.3, 0.4) is 0 Å². The van der Waals surface area contributed by atoms with E-state index in [4.69, 9.17) is 32.8 Å². The van der Waals surface area contributed by atoms with Gasteiger partial charge in [-0.1, -0.05) is 23.2 Å². The Bertz CT molecular complexity index is 384. The van der Waals surface area contributed by atoms with Crippen molar-refractivity contribution in [1.82, 2.24) is 5.48 Å². The highest BCUT2D eigenvalue weighted by atomic mass is 35.5. The number of hydrogen-bond acceptors (Lipinski definition) is 3. The molecule has 0 saturated heterocycles. The highest BCUT2D eigenvalue weighted by Gasteiger charge is 2.24. The molecule has 0 aromatic heterocycles. The van der Waals surface area contributed by atoms with Gasteiger partial charge in [0.05, 0.1) is 24.3 Å². The topological polar surface area (TPSA) is 30.5 Å². The normalized spacial score (nSPS) is 19.1. The van der Waals surface area contributed by atoms with E-state index in [0.29, 0.717) is 29.0 Å². The van der Waals surface area contributed by atoms with E-state index in [1.54, 1.807) is 6.07 Å². The van der Waals surface area contributed by atoms with Crippen LogP contribution in [-0.2, 0) is 4.84 Å². The number of nitrogens with one attached hydrogen (secondary N) is 1. The summed E-state index contributed by atoms with van der Waals surface area (Å²) in [4.78, 5) is 5.22. The van der Waals surface area contributed by atoms with Crippen molar-refractivity contribution in [2.75, 3.05) is 13.2 Å². The second-order valence-corrected chi connectivity index (χ2v) is 4.39. The maximum Gasteiger partial charge on any atom is 0.142 e. The Kier molecular flexibility index (Phi) is 3.92. The number of halogens is 2. The van der Waals surface area contributed by atoms with Crippen LogP contribution in [0, 0.1) is 0 Å². The van der Waals surface area contributed by atoms with Crippen molar-refractivity contribution < 1.29 is 9.57 Å². The van der Waals surface area contributed by atoms with E-state index >= 15 is 0 Å².